The molecule has 1 aliphatic rings. The van der Waals surface area contributed by atoms with Crippen molar-refractivity contribution in [2.75, 3.05) is 30.7 Å². The van der Waals surface area contributed by atoms with Crippen LogP contribution in [0.2, 0.25) is 0 Å². The van der Waals surface area contributed by atoms with E-state index in [0.717, 1.165) is 4.31 Å². The molecule has 2 aromatic rings. The minimum absolute atomic E-state index is 0.0422. The van der Waals surface area contributed by atoms with Gasteiger partial charge in [-0.3, -0.25) is 10.7 Å². The molecule has 1 saturated heterocycles. The Morgan fingerprint density at radius 2 is 2.23 bits per heavy atom. The Bertz CT molecular complexity index is 1020. The molecule has 1 atom stereocenters. The summed E-state index contributed by atoms with van der Waals surface area (Å²) >= 11 is 3.05. The molecule has 0 aliphatic carbocycles. The van der Waals surface area contributed by atoms with E-state index in [1.807, 2.05) is 5.48 Å². The minimum atomic E-state index is -3.53. The fourth-order valence-electron chi connectivity index (χ4n) is 2.81. The first-order valence-corrected chi connectivity index (χ1v) is 11.3. The Labute approximate surface area is 179 Å². The number of amidine groups is 1. The first-order valence-electron chi connectivity index (χ1n) is 8.92. The third-order valence-electron chi connectivity index (χ3n) is 4.32. The molecule has 1 fully saturated rings. The van der Waals surface area contributed by atoms with Crippen LogP contribution in [0.25, 0.3) is 0 Å². The molecule has 0 radical (unpaired) electrons. The summed E-state index contributed by atoms with van der Waals surface area (Å²) in [5, 5.41) is 19.6. The van der Waals surface area contributed by atoms with Gasteiger partial charge < -0.3 is 5.32 Å². The number of benzene rings is 1. The highest BCUT2D eigenvalue weighted by atomic mass is 79.9. The normalized spacial score (nSPS) is 18.0. The van der Waals surface area contributed by atoms with Crippen LogP contribution in [0.3, 0.4) is 0 Å². The first kappa shape index (κ1) is 22.5. The number of hydrogen-bond donors (Lipinski definition) is 3. The largest absolute Gasteiger partial charge is 0.365 e. The topological polar surface area (TPSA) is 133 Å². The third-order valence-corrected chi connectivity index (χ3v) is 6.85. The van der Waals surface area contributed by atoms with Crippen molar-refractivity contribution >= 4 is 43.3 Å². The summed E-state index contributed by atoms with van der Waals surface area (Å²) in [5.74, 6) is -0.616. The number of nitrogens with zero attached hydrogens (tertiary/aromatic N) is 4. The zero-order valence-electron chi connectivity index (χ0n) is 15.6. The smallest absolute Gasteiger partial charge is 0.214 e. The average Bonchev–Trinajstić information content (AvgIpc) is 3.35. The fraction of sp³-hybridized carbons (Fsp3) is 0.438. The predicted molar refractivity (Wildman–Crippen MR) is 107 cm³/mol. The summed E-state index contributed by atoms with van der Waals surface area (Å²) in [7, 11) is -3.53. The lowest BCUT2D eigenvalue weighted by atomic mass is 10.3. The van der Waals surface area contributed by atoms with Gasteiger partial charge in [0.15, 0.2) is 11.5 Å². The monoisotopic (exact) mass is 508 g/mol. The maximum Gasteiger partial charge on any atom is 0.214 e. The van der Waals surface area contributed by atoms with Gasteiger partial charge in [0.1, 0.15) is 12.0 Å². The van der Waals surface area contributed by atoms with E-state index in [2.05, 4.69) is 41.2 Å². The molecule has 0 saturated carbocycles. The van der Waals surface area contributed by atoms with Gasteiger partial charge in [-0.25, -0.2) is 26.8 Å². The van der Waals surface area contributed by atoms with E-state index in [0.29, 0.717) is 5.69 Å². The van der Waals surface area contributed by atoms with E-state index in [-0.39, 0.29) is 60.0 Å². The summed E-state index contributed by atoms with van der Waals surface area (Å²) in [6.07, 6.45) is -0.676. The van der Waals surface area contributed by atoms with Crippen molar-refractivity contribution in [3.8, 4) is 0 Å². The molecular formula is C16H19BrF2N6O4S. The minimum Gasteiger partial charge on any atom is -0.365 e. The Kier molecular flexibility index (Phi) is 7.33. The van der Waals surface area contributed by atoms with Crippen molar-refractivity contribution in [2.45, 2.75) is 19.0 Å². The van der Waals surface area contributed by atoms with Crippen molar-refractivity contribution in [1.82, 2.24) is 20.1 Å². The lowest BCUT2D eigenvalue weighted by molar-refractivity contribution is 0.234. The summed E-state index contributed by atoms with van der Waals surface area (Å²) < 4.78 is 57.0. The predicted octanol–water partition coefficient (Wildman–Crippen LogP) is 2.20. The van der Waals surface area contributed by atoms with Gasteiger partial charge in [-0.1, -0.05) is 0 Å². The highest BCUT2D eigenvalue weighted by molar-refractivity contribution is 9.10. The molecule has 0 spiro atoms. The molecule has 30 heavy (non-hydrogen) atoms. The van der Waals surface area contributed by atoms with Crippen LogP contribution in [0.5, 0.6) is 0 Å². The van der Waals surface area contributed by atoms with E-state index in [1.165, 1.54) is 18.2 Å². The number of anilines is 1. The molecule has 1 unspecified atom stereocenters. The highest BCUT2D eigenvalue weighted by Crippen LogP contribution is 2.23. The number of halogens is 3. The number of hydrogen-bond acceptors (Lipinski definition) is 8. The van der Waals surface area contributed by atoms with E-state index in [4.69, 9.17) is 0 Å². The molecule has 3 rings (SSSR count). The average molecular weight is 509 g/mol. The van der Waals surface area contributed by atoms with Crippen LogP contribution in [0.1, 0.15) is 18.5 Å². The van der Waals surface area contributed by atoms with E-state index >= 15 is 0 Å². The maximum atomic E-state index is 13.4. The van der Waals surface area contributed by atoms with Crippen LogP contribution in [-0.4, -0.2) is 65.6 Å². The first-order chi connectivity index (χ1) is 14.3. The van der Waals surface area contributed by atoms with Crippen molar-refractivity contribution in [3.63, 3.8) is 0 Å². The quantitative estimate of drug-likeness (QED) is 0.214. The number of rotatable bonds is 8. The van der Waals surface area contributed by atoms with Crippen molar-refractivity contribution < 1.29 is 27.0 Å². The molecule has 10 nitrogen and oxygen atoms in total. The van der Waals surface area contributed by atoms with Crippen LogP contribution >= 0.6 is 15.9 Å². The summed E-state index contributed by atoms with van der Waals surface area (Å²) in [4.78, 5) is 4.13. The SMILES string of the molecule is O=S(=O)(CCCNc1nonc1C(=Nc1ccc(F)c(Br)c1)NO)N1CCC(F)C1. The van der Waals surface area contributed by atoms with Crippen LogP contribution in [-0.2, 0) is 10.0 Å². The Morgan fingerprint density at radius 3 is 2.90 bits per heavy atom. The lowest BCUT2D eigenvalue weighted by Crippen LogP contribution is -2.32. The molecule has 1 aliphatic heterocycles. The van der Waals surface area contributed by atoms with Crippen molar-refractivity contribution in [3.05, 3.63) is 34.2 Å². The number of sulfonamides is 1. The van der Waals surface area contributed by atoms with Gasteiger partial charge in [-0.15, -0.1) is 0 Å². The van der Waals surface area contributed by atoms with Gasteiger partial charge in [0.05, 0.1) is 15.9 Å². The third kappa shape index (κ3) is 5.50. The molecule has 164 valence electrons. The highest BCUT2D eigenvalue weighted by Gasteiger charge is 2.30. The lowest BCUT2D eigenvalue weighted by Gasteiger charge is -2.15. The molecular weight excluding hydrogens is 490 g/mol. The number of alkyl halides is 1. The van der Waals surface area contributed by atoms with Gasteiger partial charge in [0.25, 0.3) is 0 Å². The Hall–Kier alpha value is -2.16. The molecule has 0 bridgehead atoms. The molecule has 0 amide bonds. The van der Waals surface area contributed by atoms with Crippen LogP contribution in [0.4, 0.5) is 20.3 Å². The zero-order chi connectivity index (χ0) is 21.7. The molecule has 3 N–H and O–H groups in total. The molecule has 1 aromatic carbocycles. The van der Waals surface area contributed by atoms with Gasteiger partial charge >= 0.3 is 0 Å². The van der Waals surface area contributed by atoms with Crippen LogP contribution in [0, 0.1) is 5.82 Å². The van der Waals surface area contributed by atoms with Crippen LogP contribution < -0.4 is 10.8 Å². The number of nitrogens with one attached hydrogen (secondary N) is 2. The van der Waals surface area contributed by atoms with Crippen LogP contribution in [0.15, 0.2) is 32.3 Å². The number of hydroxylamine groups is 1. The van der Waals surface area contributed by atoms with Crippen molar-refractivity contribution in [2.24, 2.45) is 4.99 Å². The second-order valence-corrected chi connectivity index (χ2v) is 9.42. The summed E-state index contributed by atoms with van der Waals surface area (Å²) in [6, 6.07) is 3.99. The molecule has 1 aromatic heterocycles. The van der Waals surface area contributed by atoms with Crippen molar-refractivity contribution in [1.29, 1.82) is 0 Å². The second-order valence-electron chi connectivity index (χ2n) is 6.47. The Balaban J connectivity index is 1.61. The number of aromatic nitrogens is 2. The summed E-state index contributed by atoms with van der Waals surface area (Å²) in [6.45, 7) is 0.290. The van der Waals surface area contributed by atoms with E-state index in [1.54, 1.807) is 0 Å². The van der Waals surface area contributed by atoms with E-state index < -0.39 is 22.0 Å². The second kappa shape index (κ2) is 9.76. The maximum absolute atomic E-state index is 13.4. The standard InChI is InChI=1S/C16H19BrF2N6O4S/c17-12-8-11(2-3-13(12)19)21-16(22-26)14-15(24-29-23-14)20-5-1-7-30(27,28)25-6-4-10(18)9-25/h2-3,8,10,26H,1,4-7,9H2,(H,20,24)(H,21,22). The van der Waals surface area contributed by atoms with Gasteiger partial charge in [-0.2, -0.15) is 4.31 Å². The van der Waals surface area contributed by atoms with Gasteiger partial charge in [0.2, 0.25) is 15.8 Å². The molecule has 2 heterocycles. The number of aliphatic imine (C=N–C) groups is 1. The zero-order valence-corrected chi connectivity index (χ0v) is 18.0. The summed E-state index contributed by atoms with van der Waals surface area (Å²) in [5.41, 5.74) is 2.24. The molecule has 14 heteroatoms. The van der Waals surface area contributed by atoms with E-state index in [9.17, 15) is 22.4 Å². The van der Waals surface area contributed by atoms with Gasteiger partial charge in [0, 0.05) is 19.6 Å². The Morgan fingerprint density at radius 1 is 1.43 bits per heavy atom. The fourth-order valence-corrected chi connectivity index (χ4v) is 4.71. The van der Waals surface area contributed by atoms with Gasteiger partial charge in [-0.05, 0) is 57.3 Å².